The molecule has 1 aromatic carbocycles. The maximum absolute atomic E-state index is 12.8. The van der Waals surface area contributed by atoms with Gasteiger partial charge < -0.3 is 10.1 Å². The molecule has 24 heavy (non-hydrogen) atoms. The molecule has 0 bridgehead atoms. The zero-order valence-electron chi connectivity index (χ0n) is 12.6. The quantitative estimate of drug-likeness (QED) is 0.833. The van der Waals surface area contributed by atoms with E-state index < -0.39 is 30.2 Å². The van der Waals surface area contributed by atoms with Crippen LogP contribution in [0, 0.1) is 6.92 Å². The van der Waals surface area contributed by atoms with Crippen molar-refractivity contribution in [1.82, 2.24) is 5.32 Å². The Balaban J connectivity index is 1.87. The summed E-state index contributed by atoms with van der Waals surface area (Å²) in [5, 5.41) is 2.31. The third kappa shape index (κ3) is 4.82. The minimum atomic E-state index is -4.50. The standard InChI is InChI=1S/C16H14F3NO3S/c1-10-6-7-13(24-10)15(22)23-9-14(21)20-8-11-4-2-3-5-12(11)16(17,18)19/h2-7H,8-9H2,1H3,(H,20,21). The second-order valence-corrected chi connectivity index (χ2v) is 6.21. The molecule has 0 unspecified atom stereocenters. The van der Waals surface area contributed by atoms with Crippen molar-refractivity contribution in [2.24, 2.45) is 0 Å². The normalized spacial score (nSPS) is 11.2. The van der Waals surface area contributed by atoms with Crippen molar-refractivity contribution in [3.8, 4) is 0 Å². The second-order valence-electron chi connectivity index (χ2n) is 4.92. The lowest BCUT2D eigenvalue weighted by molar-refractivity contribution is -0.138. The maximum Gasteiger partial charge on any atom is 0.416 e. The summed E-state index contributed by atoms with van der Waals surface area (Å²) in [6, 6.07) is 8.29. The summed E-state index contributed by atoms with van der Waals surface area (Å²) >= 11 is 1.23. The van der Waals surface area contributed by atoms with Crippen LogP contribution < -0.4 is 5.32 Å². The lowest BCUT2D eigenvalue weighted by Crippen LogP contribution is -2.29. The number of halogens is 3. The van der Waals surface area contributed by atoms with Crippen molar-refractivity contribution >= 4 is 23.2 Å². The second kappa shape index (κ2) is 7.48. The highest BCUT2D eigenvalue weighted by Gasteiger charge is 2.32. The number of benzene rings is 1. The van der Waals surface area contributed by atoms with Crippen molar-refractivity contribution in [3.63, 3.8) is 0 Å². The van der Waals surface area contributed by atoms with E-state index in [0.717, 1.165) is 10.9 Å². The first kappa shape index (κ1) is 18.0. The van der Waals surface area contributed by atoms with Gasteiger partial charge in [-0.1, -0.05) is 18.2 Å². The van der Waals surface area contributed by atoms with Gasteiger partial charge >= 0.3 is 12.1 Å². The summed E-state index contributed by atoms with van der Waals surface area (Å²) in [5.41, 5.74) is -0.866. The van der Waals surface area contributed by atoms with Crippen LogP contribution >= 0.6 is 11.3 Å². The van der Waals surface area contributed by atoms with Gasteiger partial charge in [-0.15, -0.1) is 11.3 Å². The molecule has 1 aromatic heterocycles. The molecule has 1 N–H and O–H groups in total. The number of carbonyl (C=O) groups excluding carboxylic acids is 2. The van der Waals surface area contributed by atoms with Crippen molar-refractivity contribution in [1.29, 1.82) is 0 Å². The van der Waals surface area contributed by atoms with E-state index in [9.17, 15) is 22.8 Å². The molecular weight excluding hydrogens is 343 g/mol. The Labute approximate surface area is 140 Å². The van der Waals surface area contributed by atoms with Crippen LogP contribution in [-0.2, 0) is 22.3 Å². The number of hydrogen-bond donors (Lipinski definition) is 1. The summed E-state index contributed by atoms with van der Waals surface area (Å²) < 4.78 is 43.3. The summed E-state index contributed by atoms with van der Waals surface area (Å²) in [4.78, 5) is 24.6. The van der Waals surface area contributed by atoms with Gasteiger partial charge in [-0.05, 0) is 30.7 Å². The molecule has 1 heterocycles. The van der Waals surface area contributed by atoms with E-state index in [0.29, 0.717) is 4.88 Å². The minimum absolute atomic E-state index is 0.0569. The van der Waals surface area contributed by atoms with E-state index in [1.165, 1.54) is 29.5 Å². The van der Waals surface area contributed by atoms with Crippen LogP contribution in [0.15, 0.2) is 36.4 Å². The van der Waals surface area contributed by atoms with E-state index in [1.54, 1.807) is 12.1 Å². The predicted molar refractivity (Wildman–Crippen MR) is 82.6 cm³/mol. The molecule has 0 fully saturated rings. The van der Waals surface area contributed by atoms with Crippen molar-refractivity contribution < 1.29 is 27.5 Å². The fourth-order valence-electron chi connectivity index (χ4n) is 1.94. The summed E-state index contributed by atoms with van der Waals surface area (Å²) in [6.45, 7) is 0.973. The Bertz CT molecular complexity index is 740. The molecule has 4 nitrogen and oxygen atoms in total. The molecular formula is C16H14F3NO3S. The number of aryl methyl sites for hydroxylation is 1. The van der Waals surface area contributed by atoms with Crippen LogP contribution in [0.25, 0.3) is 0 Å². The number of rotatable bonds is 5. The summed E-state index contributed by atoms with van der Waals surface area (Å²) in [5.74, 6) is -1.31. The van der Waals surface area contributed by atoms with E-state index in [2.05, 4.69) is 5.32 Å². The monoisotopic (exact) mass is 357 g/mol. The van der Waals surface area contributed by atoms with Gasteiger partial charge in [0.05, 0.1) is 5.56 Å². The summed E-state index contributed by atoms with van der Waals surface area (Å²) in [7, 11) is 0. The van der Waals surface area contributed by atoms with Crippen LogP contribution in [0.1, 0.15) is 25.7 Å². The van der Waals surface area contributed by atoms with Crippen LogP contribution in [0.5, 0.6) is 0 Å². The third-order valence-corrected chi connectivity index (χ3v) is 4.06. The minimum Gasteiger partial charge on any atom is -0.451 e. The van der Waals surface area contributed by atoms with Crippen molar-refractivity contribution in [2.45, 2.75) is 19.6 Å². The molecule has 0 saturated carbocycles. The molecule has 0 aliphatic carbocycles. The number of alkyl halides is 3. The lowest BCUT2D eigenvalue weighted by Gasteiger charge is -2.13. The molecule has 1 amide bonds. The van der Waals surface area contributed by atoms with E-state index >= 15 is 0 Å². The maximum atomic E-state index is 12.8. The molecule has 2 rings (SSSR count). The molecule has 0 saturated heterocycles. The smallest absolute Gasteiger partial charge is 0.416 e. The lowest BCUT2D eigenvalue weighted by atomic mass is 10.1. The van der Waals surface area contributed by atoms with Gasteiger partial charge in [-0.2, -0.15) is 13.2 Å². The van der Waals surface area contributed by atoms with Gasteiger partial charge in [0.25, 0.3) is 5.91 Å². The average Bonchev–Trinajstić information content (AvgIpc) is 2.96. The van der Waals surface area contributed by atoms with E-state index in [1.807, 2.05) is 6.92 Å². The number of ether oxygens (including phenoxy) is 1. The predicted octanol–water partition coefficient (Wildman–Crippen LogP) is 3.55. The molecule has 0 radical (unpaired) electrons. The Kier molecular flexibility index (Phi) is 5.61. The summed E-state index contributed by atoms with van der Waals surface area (Å²) in [6.07, 6.45) is -4.50. The molecule has 128 valence electrons. The highest BCUT2D eigenvalue weighted by molar-refractivity contribution is 7.13. The Morgan fingerprint density at radius 1 is 1.17 bits per heavy atom. The molecule has 8 heteroatoms. The molecule has 0 spiro atoms. The van der Waals surface area contributed by atoms with Crippen molar-refractivity contribution in [3.05, 3.63) is 57.3 Å². The molecule has 0 atom stereocenters. The topological polar surface area (TPSA) is 55.4 Å². The van der Waals surface area contributed by atoms with Crippen LogP contribution in [0.2, 0.25) is 0 Å². The van der Waals surface area contributed by atoms with Gasteiger partial charge in [-0.25, -0.2) is 4.79 Å². The van der Waals surface area contributed by atoms with Gasteiger partial charge in [-0.3, -0.25) is 4.79 Å². The first-order valence-corrected chi connectivity index (χ1v) is 7.74. The number of esters is 1. The Morgan fingerprint density at radius 2 is 1.88 bits per heavy atom. The highest BCUT2D eigenvalue weighted by Crippen LogP contribution is 2.31. The third-order valence-electron chi connectivity index (χ3n) is 3.07. The van der Waals surface area contributed by atoms with Gasteiger partial charge in [0.2, 0.25) is 0 Å². The van der Waals surface area contributed by atoms with Crippen molar-refractivity contribution in [2.75, 3.05) is 6.61 Å². The van der Waals surface area contributed by atoms with Gasteiger partial charge in [0.15, 0.2) is 6.61 Å². The zero-order valence-corrected chi connectivity index (χ0v) is 13.5. The molecule has 0 aliphatic heterocycles. The number of amides is 1. The average molecular weight is 357 g/mol. The fraction of sp³-hybridized carbons (Fsp3) is 0.250. The first-order valence-electron chi connectivity index (χ1n) is 6.92. The van der Waals surface area contributed by atoms with E-state index in [4.69, 9.17) is 4.74 Å². The molecule has 2 aromatic rings. The SMILES string of the molecule is Cc1ccc(C(=O)OCC(=O)NCc2ccccc2C(F)(F)F)s1. The Hall–Kier alpha value is -2.35. The van der Waals surface area contributed by atoms with Crippen LogP contribution in [0.3, 0.4) is 0 Å². The van der Waals surface area contributed by atoms with Crippen LogP contribution in [-0.4, -0.2) is 18.5 Å². The van der Waals surface area contributed by atoms with Gasteiger partial charge in [0, 0.05) is 11.4 Å². The number of carbonyl (C=O) groups is 2. The largest absolute Gasteiger partial charge is 0.451 e. The molecule has 0 aliphatic rings. The number of hydrogen-bond acceptors (Lipinski definition) is 4. The fourth-order valence-corrected chi connectivity index (χ4v) is 2.70. The highest BCUT2D eigenvalue weighted by atomic mass is 32.1. The van der Waals surface area contributed by atoms with E-state index in [-0.39, 0.29) is 12.1 Å². The van der Waals surface area contributed by atoms with Crippen LogP contribution in [0.4, 0.5) is 13.2 Å². The first-order chi connectivity index (χ1) is 11.3. The zero-order chi connectivity index (χ0) is 17.7. The van der Waals surface area contributed by atoms with Gasteiger partial charge in [0.1, 0.15) is 4.88 Å². The Morgan fingerprint density at radius 3 is 2.50 bits per heavy atom. The number of thiophene rings is 1. The number of nitrogens with one attached hydrogen (secondary N) is 1.